The van der Waals surface area contributed by atoms with E-state index in [0.29, 0.717) is 0 Å². The van der Waals surface area contributed by atoms with E-state index in [1.54, 1.807) is 6.07 Å². The highest BCUT2D eigenvalue weighted by Gasteiger charge is 2.15. The van der Waals surface area contributed by atoms with Crippen LogP contribution in [0.2, 0.25) is 5.02 Å². The molecule has 0 saturated heterocycles. The van der Waals surface area contributed by atoms with Crippen LogP contribution in [-0.2, 0) is 16.6 Å². The van der Waals surface area contributed by atoms with Crippen LogP contribution in [0.4, 0.5) is 0 Å². The number of halogens is 1. The van der Waals surface area contributed by atoms with Crippen molar-refractivity contribution < 1.29 is 13.2 Å². The Balaban J connectivity index is 2.26. The molecule has 0 aliphatic heterocycles. The molecular weight excluding hydrogens is 286 g/mol. The predicted octanol–water partition coefficient (Wildman–Crippen LogP) is 2.57. The summed E-state index contributed by atoms with van der Waals surface area (Å²) in [6.45, 7) is 0.255. The Morgan fingerprint density at radius 1 is 1.11 bits per heavy atom. The highest BCUT2D eigenvalue weighted by Crippen LogP contribution is 2.27. The molecule has 6 heteroatoms. The second-order valence-electron chi connectivity index (χ2n) is 3.91. The minimum absolute atomic E-state index is 0.115. The molecule has 2 aromatic carbocycles. The molecule has 0 amide bonds. The molecule has 0 atom stereocenters. The van der Waals surface area contributed by atoms with E-state index in [-0.39, 0.29) is 22.3 Å². The third kappa shape index (κ3) is 3.70. The lowest BCUT2D eigenvalue weighted by molar-refractivity contribution is 0.298. The first-order valence-electron chi connectivity index (χ1n) is 5.46. The molecule has 0 bridgehead atoms. The first kappa shape index (κ1) is 13.9. The number of hydrogen-bond acceptors (Lipinski definition) is 3. The van der Waals surface area contributed by atoms with Crippen molar-refractivity contribution in [2.24, 2.45) is 5.14 Å². The van der Waals surface area contributed by atoms with E-state index < -0.39 is 10.0 Å². The summed E-state index contributed by atoms with van der Waals surface area (Å²) < 4.78 is 28.4. The van der Waals surface area contributed by atoms with E-state index >= 15 is 0 Å². The lowest BCUT2D eigenvalue weighted by atomic mass is 10.2. The van der Waals surface area contributed by atoms with Crippen molar-refractivity contribution in [1.82, 2.24) is 0 Å². The fraction of sp³-hybridized carbons (Fsp3) is 0.0769. The van der Waals surface area contributed by atoms with E-state index in [4.69, 9.17) is 21.5 Å². The van der Waals surface area contributed by atoms with Gasteiger partial charge in [-0.05, 0) is 23.8 Å². The highest BCUT2D eigenvalue weighted by molar-refractivity contribution is 7.89. The van der Waals surface area contributed by atoms with Crippen LogP contribution in [0, 0.1) is 0 Å². The van der Waals surface area contributed by atoms with E-state index in [1.165, 1.54) is 12.1 Å². The molecule has 0 saturated carbocycles. The van der Waals surface area contributed by atoms with Gasteiger partial charge >= 0.3 is 0 Å². The van der Waals surface area contributed by atoms with E-state index in [1.807, 2.05) is 30.3 Å². The zero-order valence-electron chi connectivity index (χ0n) is 9.91. The summed E-state index contributed by atoms with van der Waals surface area (Å²) in [6, 6.07) is 13.7. The topological polar surface area (TPSA) is 69.4 Å². The van der Waals surface area contributed by atoms with Gasteiger partial charge in [0.15, 0.2) is 0 Å². The quantitative estimate of drug-likeness (QED) is 0.943. The molecule has 2 N–H and O–H groups in total. The number of sulfonamides is 1. The Labute approximate surface area is 116 Å². The molecule has 100 valence electrons. The Morgan fingerprint density at radius 3 is 2.42 bits per heavy atom. The van der Waals surface area contributed by atoms with Gasteiger partial charge in [0.25, 0.3) is 0 Å². The predicted molar refractivity (Wildman–Crippen MR) is 73.6 cm³/mol. The molecule has 2 aromatic rings. The van der Waals surface area contributed by atoms with Crippen molar-refractivity contribution in [3.8, 4) is 5.75 Å². The largest absolute Gasteiger partial charge is 0.487 e. The average Bonchev–Trinajstić information content (AvgIpc) is 2.37. The second-order valence-corrected chi connectivity index (χ2v) is 5.88. The summed E-state index contributed by atoms with van der Waals surface area (Å²) >= 11 is 5.76. The van der Waals surface area contributed by atoms with Crippen LogP contribution in [-0.4, -0.2) is 8.42 Å². The van der Waals surface area contributed by atoms with Crippen LogP contribution in [0.5, 0.6) is 5.75 Å². The minimum Gasteiger partial charge on any atom is -0.487 e. The van der Waals surface area contributed by atoms with E-state index in [2.05, 4.69) is 0 Å². The molecule has 4 nitrogen and oxygen atoms in total. The first-order chi connectivity index (χ1) is 8.97. The maximum absolute atomic E-state index is 11.5. The molecular formula is C13H12ClNO3S. The van der Waals surface area contributed by atoms with Crippen LogP contribution in [0.15, 0.2) is 53.4 Å². The molecule has 0 aliphatic carbocycles. The fourth-order valence-electron chi connectivity index (χ4n) is 1.56. The third-order valence-electron chi connectivity index (χ3n) is 2.45. The number of ether oxygens (including phenoxy) is 1. The Kier molecular flexibility index (Phi) is 4.09. The first-order valence-corrected chi connectivity index (χ1v) is 7.38. The van der Waals surface area contributed by atoms with Crippen LogP contribution >= 0.6 is 11.6 Å². The second kappa shape index (κ2) is 5.61. The van der Waals surface area contributed by atoms with Crippen LogP contribution in [0.25, 0.3) is 0 Å². The summed E-state index contributed by atoms with van der Waals surface area (Å²) in [5.74, 6) is 0.191. The van der Waals surface area contributed by atoms with E-state index in [0.717, 1.165) is 5.56 Å². The zero-order valence-corrected chi connectivity index (χ0v) is 11.5. The number of nitrogens with two attached hydrogens (primary N) is 1. The average molecular weight is 298 g/mol. The van der Waals surface area contributed by atoms with Crippen LogP contribution in [0.1, 0.15) is 5.56 Å². The van der Waals surface area contributed by atoms with Crippen molar-refractivity contribution in [2.75, 3.05) is 0 Å². The molecule has 0 unspecified atom stereocenters. The molecule has 0 aromatic heterocycles. The standard InChI is InChI=1S/C13H12ClNO3S/c14-11-6-7-12(13(8-11)19(15,16)17)18-9-10-4-2-1-3-5-10/h1-8H,9H2,(H2,15,16,17). The summed E-state index contributed by atoms with van der Waals surface area (Å²) in [7, 11) is -3.87. The van der Waals surface area contributed by atoms with Gasteiger partial charge in [-0.15, -0.1) is 0 Å². The van der Waals surface area contributed by atoms with Crippen molar-refractivity contribution in [3.05, 3.63) is 59.1 Å². The minimum atomic E-state index is -3.87. The highest BCUT2D eigenvalue weighted by atomic mass is 35.5. The van der Waals surface area contributed by atoms with Crippen molar-refractivity contribution >= 4 is 21.6 Å². The van der Waals surface area contributed by atoms with Crippen LogP contribution in [0.3, 0.4) is 0 Å². The summed E-state index contributed by atoms with van der Waals surface area (Å²) in [4.78, 5) is -0.115. The van der Waals surface area contributed by atoms with Gasteiger partial charge in [0.1, 0.15) is 17.3 Å². The monoisotopic (exact) mass is 297 g/mol. The molecule has 0 heterocycles. The Bertz CT molecular complexity index is 672. The van der Waals surface area contributed by atoms with Gasteiger partial charge in [-0.25, -0.2) is 13.6 Å². The molecule has 0 aliphatic rings. The molecule has 19 heavy (non-hydrogen) atoms. The van der Waals surface area contributed by atoms with E-state index in [9.17, 15) is 8.42 Å². The molecule has 0 radical (unpaired) electrons. The van der Waals surface area contributed by atoms with Crippen LogP contribution < -0.4 is 9.88 Å². The number of hydrogen-bond donors (Lipinski definition) is 1. The van der Waals surface area contributed by atoms with Gasteiger partial charge < -0.3 is 4.74 Å². The normalized spacial score (nSPS) is 11.3. The molecule has 2 rings (SSSR count). The number of rotatable bonds is 4. The summed E-state index contributed by atoms with van der Waals surface area (Å²) in [5.41, 5.74) is 0.929. The van der Waals surface area contributed by atoms with Gasteiger partial charge in [0.05, 0.1) is 0 Å². The number of primary sulfonamides is 1. The van der Waals surface area contributed by atoms with Crippen molar-refractivity contribution in [2.45, 2.75) is 11.5 Å². The van der Waals surface area contributed by atoms with Crippen molar-refractivity contribution in [3.63, 3.8) is 0 Å². The van der Waals surface area contributed by atoms with Gasteiger partial charge in [0, 0.05) is 5.02 Å². The van der Waals surface area contributed by atoms with Gasteiger partial charge in [0.2, 0.25) is 10.0 Å². The zero-order chi connectivity index (χ0) is 13.9. The lowest BCUT2D eigenvalue weighted by Gasteiger charge is -2.10. The Hall–Kier alpha value is -1.56. The van der Waals surface area contributed by atoms with Gasteiger partial charge in [-0.2, -0.15) is 0 Å². The Morgan fingerprint density at radius 2 is 1.79 bits per heavy atom. The third-order valence-corrected chi connectivity index (χ3v) is 3.62. The maximum atomic E-state index is 11.5. The SMILES string of the molecule is NS(=O)(=O)c1cc(Cl)ccc1OCc1ccccc1. The summed E-state index contributed by atoms with van der Waals surface area (Å²) in [5, 5.41) is 5.42. The smallest absolute Gasteiger partial charge is 0.241 e. The fourth-order valence-corrected chi connectivity index (χ4v) is 2.49. The lowest BCUT2D eigenvalue weighted by Crippen LogP contribution is -2.14. The van der Waals surface area contributed by atoms with Gasteiger partial charge in [-0.1, -0.05) is 41.9 Å². The molecule has 0 fully saturated rings. The maximum Gasteiger partial charge on any atom is 0.241 e. The van der Waals surface area contributed by atoms with Gasteiger partial charge in [-0.3, -0.25) is 0 Å². The summed E-state index contributed by atoms with van der Waals surface area (Å²) in [6.07, 6.45) is 0. The molecule has 0 spiro atoms. The van der Waals surface area contributed by atoms with Crippen molar-refractivity contribution in [1.29, 1.82) is 0 Å². The number of benzene rings is 2.